The Morgan fingerprint density at radius 2 is 2.40 bits per heavy atom. The highest BCUT2D eigenvalue weighted by Crippen LogP contribution is 2.19. The highest BCUT2D eigenvalue weighted by molar-refractivity contribution is 8.13. The van der Waals surface area contributed by atoms with Crippen LogP contribution >= 0.6 is 23.5 Å². The van der Waals surface area contributed by atoms with Gasteiger partial charge in [-0.2, -0.15) is 11.8 Å². The largest absolute Gasteiger partial charge is 0.361 e. The van der Waals surface area contributed by atoms with Crippen LogP contribution in [0.3, 0.4) is 0 Å². The zero-order valence-corrected chi connectivity index (χ0v) is 11.6. The van der Waals surface area contributed by atoms with Crippen LogP contribution in [0.2, 0.25) is 0 Å². The first-order chi connectivity index (χ1) is 7.30. The minimum absolute atomic E-state index is 0.556. The summed E-state index contributed by atoms with van der Waals surface area (Å²) in [5.41, 5.74) is 0. The fraction of sp³-hybridized carbons (Fsp3) is 0.909. The monoisotopic (exact) mass is 246 g/mol. The van der Waals surface area contributed by atoms with Gasteiger partial charge < -0.3 is 5.32 Å². The van der Waals surface area contributed by atoms with E-state index in [1.54, 1.807) is 0 Å². The van der Waals surface area contributed by atoms with Gasteiger partial charge in [-0.3, -0.25) is 4.99 Å². The fourth-order valence-electron chi connectivity index (χ4n) is 1.57. The van der Waals surface area contributed by atoms with Crippen molar-refractivity contribution in [1.82, 2.24) is 5.32 Å². The second-order valence-corrected chi connectivity index (χ2v) is 5.83. The molecule has 0 bridgehead atoms. The Balaban J connectivity index is 2.44. The number of aliphatic imine (C=N–C) groups is 1. The topological polar surface area (TPSA) is 24.4 Å². The van der Waals surface area contributed by atoms with Gasteiger partial charge in [0.2, 0.25) is 0 Å². The molecule has 0 spiro atoms. The van der Waals surface area contributed by atoms with Gasteiger partial charge in [0, 0.05) is 17.5 Å². The molecule has 2 atom stereocenters. The Labute approximate surface area is 102 Å². The maximum atomic E-state index is 4.73. The Morgan fingerprint density at radius 3 is 3.00 bits per heavy atom. The molecule has 0 radical (unpaired) electrons. The maximum Gasteiger partial charge on any atom is 0.157 e. The number of amidine groups is 1. The Kier molecular flexibility index (Phi) is 6.57. The molecule has 4 heteroatoms. The maximum absolute atomic E-state index is 4.73. The molecule has 0 saturated carbocycles. The zero-order valence-electron chi connectivity index (χ0n) is 9.95. The van der Waals surface area contributed by atoms with E-state index < -0.39 is 0 Å². The molecule has 1 rings (SSSR count). The standard InChI is InChI=1S/C11H22N2S2/c1-4-9-6-7-15-11(12-9)13-10(5-2)8-14-3/h9-10H,4-8H2,1-3H3,(H,12,13). The van der Waals surface area contributed by atoms with Gasteiger partial charge in [0.05, 0.1) is 6.04 Å². The van der Waals surface area contributed by atoms with Crippen LogP contribution in [-0.2, 0) is 0 Å². The first kappa shape index (κ1) is 13.2. The van der Waals surface area contributed by atoms with Gasteiger partial charge in [-0.15, -0.1) is 0 Å². The molecule has 1 aliphatic rings. The van der Waals surface area contributed by atoms with Crippen molar-refractivity contribution in [2.24, 2.45) is 4.99 Å². The lowest BCUT2D eigenvalue weighted by molar-refractivity contribution is 0.612. The van der Waals surface area contributed by atoms with E-state index in [4.69, 9.17) is 4.99 Å². The molecule has 15 heavy (non-hydrogen) atoms. The van der Waals surface area contributed by atoms with E-state index in [-0.39, 0.29) is 0 Å². The second-order valence-electron chi connectivity index (χ2n) is 3.84. The smallest absolute Gasteiger partial charge is 0.157 e. The number of rotatable bonds is 5. The zero-order chi connectivity index (χ0) is 11.1. The predicted octanol–water partition coefficient (Wildman–Crippen LogP) is 2.99. The van der Waals surface area contributed by atoms with Crippen LogP contribution in [0.4, 0.5) is 0 Å². The number of nitrogens with zero attached hydrogens (tertiary/aromatic N) is 1. The SMILES string of the molecule is CCC1CCSC(NC(CC)CSC)=N1. The van der Waals surface area contributed by atoms with Crippen LogP contribution in [0.1, 0.15) is 33.1 Å². The number of nitrogens with one attached hydrogen (secondary N) is 1. The van der Waals surface area contributed by atoms with E-state index >= 15 is 0 Å². The third kappa shape index (κ3) is 4.68. The summed E-state index contributed by atoms with van der Waals surface area (Å²) in [6, 6.07) is 1.14. The summed E-state index contributed by atoms with van der Waals surface area (Å²) in [6.07, 6.45) is 5.75. The molecule has 1 heterocycles. The van der Waals surface area contributed by atoms with Crippen LogP contribution in [0.25, 0.3) is 0 Å². The summed E-state index contributed by atoms with van der Waals surface area (Å²) in [6.45, 7) is 4.46. The lowest BCUT2D eigenvalue weighted by Crippen LogP contribution is -2.36. The average Bonchev–Trinajstić information content (AvgIpc) is 2.29. The second kappa shape index (κ2) is 7.44. The van der Waals surface area contributed by atoms with Crippen molar-refractivity contribution < 1.29 is 0 Å². The summed E-state index contributed by atoms with van der Waals surface area (Å²) < 4.78 is 0. The summed E-state index contributed by atoms with van der Waals surface area (Å²) in [4.78, 5) is 4.73. The molecule has 88 valence electrons. The Bertz CT molecular complexity index is 207. The van der Waals surface area contributed by atoms with Crippen molar-refractivity contribution >= 4 is 28.7 Å². The van der Waals surface area contributed by atoms with Crippen LogP contribution in [0, 0.1) is 0 Å². The van der Waals surface area contributed by atoms with E-state index in [1.165, 1.54) is 35.9 Å². The molecule has 0 amide bonds. The van der Waals surface area contributed by atoms with E-state index in [0.29, 0.717) is 12.1 Å². The summed E-state index contributed by atoms with van der Waals surface area (Å²) in [7, 11) is 0. The van der Waals surface area contributed by atoms with Crippen LogP contribution in [0.5, 0.6) is 0 Å². The van der Waals surface area contributed by atoms with Gasteiger partial charge in [0.15, 0.2) is 5.17 Å². The van der Waals surface area contributed by atoms with Gasteiger partial charge in [-0.1, -0.05) is 25.6 Å². The third-order valence-corrected chi connectivity index (χ3v) is 4.32. The lowest BCUT2D eigenvalue weighted by atomic mass is 10.2. The molecule has 1 N–H and O–H groups in total. The van der Waals surface area contributed by atoms with Gasteiger partial charge in [0.25, 0.3) is 0 Å². The molecular weight excluding hydrogens is 224 g/mol. The molecule has 0 aromatic carbocycles. The fourth-order valence-corrected chi connectivity index (χ4v) is 3.35. The molecule has 0 aromatic heterocycles. The van der Waals surface area contributed by atoms with Crippen molar-refractivity contribution in [3.63, 3.8) is 0 Å². The summed E-state index contributed by atoms with van der Waals surface area (Å²) in [5.74, 6) is 2.40. The van der Waals surface area contributed by atoms with E-state index in [1.807, 2.05) is 23.5 Å². The normalized spacial score (nSPS) is 23.4. The van der Waals surface area contributed by atoms with E-state index in [9.17, 15) is 0 Å². The van der Waals surface area contributed by atoms with Crippen molar-refractivity contribution in [3.05, 3.63) is 0 Å². The van der Waals surface area contributed by atoms with Crippen LogP contribution in [-0.4, -0.2) is 35.0 Å². The average molecular weight is 246 g/mol. The number of hydrogen-bond donors (Lipinski definition) is 1. The Morgan fingerprint density at radius 1 is 1.60 bits per heavy atom. The summed E-state index contributed by atoms with van der Waals surface area (Å²) in [5, 5.41) is 4.74. The van der Waals surface area contributed by atoms with E-state index in [0.717, 1.165) is 0 Å². The van der Waals surface area contributed by atoms with Crippen LogP contribution in [0.15, 0.2) is 4.99 Å². The first-order valence-electron chi connectivity index (χ1n) is 5.76. The Hall–Kier alpha value is 0.170. The minimum atomic E-state index is 0.556. The van der Waals surface area contributed by atoms with Gasteiger partial charge >= 0.3 is 0 Å². The van der Waals surface area contributed by atoms with Crippen molar-refractivity contribution in [2.45, 2.75) is 45.2 Å². The van der Waals surface area contributed by atoms with Crippen molar-refractivity contribution in [3.8, 4) is 0 Å². The number of thioether (sulfide) groups is 2. The quantitative estimate of drug-likeness (QED) is 0.807. The van der Waals surface area contributed by atoms with Crippen molar-refractivity contribution in [1.29, 1.82) is 0 Å². The van der Waals surface area contributed by atoms with E-state index in [2.05, 4.69) is 25.4 Å². The number of hydrogen-bond acceptors (Lipinski definition) is 4. The minimum Gasteiger partial charge on any atom is -0.361 e. The molecule has 2 nitrogen and oxygen atoms in total. The highest BCUT2D eigenvalue weighted by atomic mass is 32.2. The molecular formula is C11H22N2S2. The third-order valence-electron chi connectivity index (χ3n) is 2.65. The molecule has 1 aliphatic heterocycles. The highest BCUT2D eigenvalue weighted by Gasteiger charge is 2.16. The molecule has 2 unspecified atom stereocenters. The molecule has 0 aliphatic carbocycles. The predicted molar refractivity (Wildman–Crippen MR) is 74.2 cm³/mol. The summed E-state index contributed by atoms with van der Waals surface area (Å²) >= 11 is 3.78. The van der Waals surface area contributed by atoms with Gasteiger partial charge in [0.1, 0.15) is 0 Å². The molecule has 0 fully saturated rings. The molecule has 0 saturated heterocycles. The van der Waals surface area contributed by atoms with Gasteiger partial charge in [-0.05, 0) is 25.5 Å². The van der Waals surface area contributed by atoms with Crippen LogP contribution < -0.4 is 5.32 Å². The lowest BCUT2D eigenvalue weighted by Gasteiger charge is -2.23. The molecule has 0 aromatic rings. The van der Waals surface area contributed by atoms with Gasteiger partial charge in [-0.25, -0.2) is 0 Å². The first-order valence-corrected chi connectivity index (χ1v) is 8.14. The van der Waals surface area contributed by atoms with Crippen molar-refractivity contribution in [2.75, 3.05) is 17.8 Å².